The smallest absolute Gasteiger partial charge is 0.207 e. The van der Waals surface area contributed by atoms with E-state index in [0.717, 1.165) is 0 Å². The molecule has 0 saturated heterocycles. The lowest BCUT2D eigenvalue weighted by Crippen LogP contribution is -2.44. The van der Waals surface area contributed by atoms with Gasteiger partial charge in [-0.15, -0.1) is 11.6 Å². The average molecular weight is 282 g/mol. The van der Waals surface area contributed by atoms with Crippen LogP contribution in [0.25, 0.3) is 0 Å². The Morgan fingerprint density at radius 1 is 1.38 bits per heavy atom. The second kappa shape index (κ2) is 4.92. The molecule has 16 heavy (non-hydrogen) atoms. The number of rotatable bonds is 4. The maximum atomic E-state index is 11.9. The molecule has 0 aliphatic carbocycles. The predicted molar refractivity (Wildman–Crippen MR) is 66.6 cm³/mol. The van der Waals surface area contributed by atoms with Gasteiger partial charge in [-0.05, 0) is 32.0 Å². The Balaban J connectivity index is 3.04. The molecule has 0 saturated carbocycles. The zero-order valence-corrected chi connectivity index (χ0v) is 11.3. The van der Waals surface area contributed by atoms with Crippen LogP contribution in [0.2, 0.25) is 5.02 Å². The normalized spacial score (nSPS) is 12.8. The van der Waals surface area contributed by atoms with Crippen LogP contribution in [0.4, 0.5) is 0 Å². The van der Waals surface area contributed by atoms with Gasteiger partial charge in [0.2, 0.25) is 10.0 Å². The van der Waals surface area contributed by atoms with Gasteiger partial charge < -0.3 is 0 Å². The van der Waals surface area contributed by atoms with E-state index in [1.165, 1.54) is 12.1 Å². The van der Waals surface area contributed by atoms with Crippen LogP contribution < -0.4 is 4.72 Å². The van der Waals surface area contributed by atoms with Crippen LogP contribution >= 0.6 is 23.2 Å². The first kappa shape index (κ1) is 13.8. The molecule has 0 aromatic heterocycles. The Morgan fingerprint density at radius 3 is 2.50 bits per heavy atom. The Morgan fingerprint density at radius 2 is 2.00 bits per heavy atom. The van der Waals surface area contributed by atoms with E-state index in [1.54, 1.807) is 26.0 Å². The van der Waals surface area contributed by atoms with Gasteiger partial charge in [-0.2, -0.15) is 0 Å². The molecule has 0 aliphatic heterocycles. The Labute approximate surface area is 106 Å². The highest BCUT2D eigenvalue weighted by Crippen LogP contribution is 2.17. The molecule has 0 unspecified atom stereocenters. The van der Waals surface area contributed by atoms with Crippen molar-refractivity contribution < 1.29 is 8.42 Å². The predicted octanol–water partition coefficient (Wildman–Crippen LogP) is 2.64. The third-order valence-electron chi connectivity index (χ3n) is 1.85. The molecule has 1 aromatic rings. The maximum absolute atomic E-state index is 11.9. The largest absolute Gasteiger partial charge is 0.241 e. The third kappa shape index (κ3) is 3.63. The van der Waals surface area contributed by atoms with E-state index in [0.29, 0.717) is 5.02 Å². The first-order valence-electron chi connectivity index (χ1n) is 4.62. The molecule has 6 heteroatoms. The molecule has 0 atom stereocenters. The van der Waals surface area contributed by atoms with Gasteiger partial charge in [0.05, 0.1) is 4.90 Å². The number of benzene rings is 1. The van der Waals surface area contributed by atoms with Crippen LogP contribution in [0.1, 0.15) is 13.8 Å². The van der Waals surface area contributed by atoms with Gasteiger partial charge in [0.25, 0.3) is 0 Å². The highest BCUT2D eigenvalue weighted by atomic mass is 35.5. The minimum absolute atomic E-state index is 0.137. The van der Waals surface area contributed by atoms with Crippen molar-refractivity contribution in [1.29, 1.82) is 0 Å². The number of hydrogen-bond donors (Lipinski definition) is 1. The van der Waals surface area contributed by atoms with E-state index < -0.39 is 15.6 Å². The SMILES string of the molecule is CC(C)(CCl)NS(=O)(=O)c1cccc(Cl)c1. The van der Waals surface area contributed by atoms with Crippen molar-refractivity contribution >= 4 is 33.2 Å². The summed E-state index contributed by atoms with van der Waals surface area (Å²) in [6.45, 7) is 3.42. The molecular weight excluding hydrogens is 269 g/mol. The second-order valence-electron chi connectivity index (χ2n) is 4.08. The fraction of sp³-hybridized carbons (Fsp3) is 0.400. The van der Waals surface area contributed by atoms with Crippen LogP contribution in [-0.4, -0.2) is 19.8 Å². The van der Waals surface area contributed by atoms with Crippen molar-refractivity contribution in [1.82, 2.24) is 4.72 Å². The van der Waals surface area contributed by atoms with E-state index in [-0.39, 0.29) is 10.8 Å². The molecule has 0 bridgehead atoms. The molecule has 90 valence electrons. The van der Waals surface area contributed by atoms with Gasteiger partial charge >= 0.3 is 0 Å². The molecule has 1 aromatic carbocycles. The van der Waals surface area contributed by atoms with Crippen molar-refractivity contribution in [2.75, 3.05) is 5.88 Å². The molecule has 0 spiro atoms. The van der Waals surface area contributed by atoms with Crippen LogP contribution in [0.15, 0.2) is 29.2 Å². The standard InChI is InChI=1S/C10H13Cl2NO2S/c1-10(2,7-11)13-16(14,15)9-5-3-4-8(12)6-9/h3-6,13H,7H2,1-2H3. The summed E-state index contributed by atoms with van der Waals surface area (Å²) in [5.74, 6) is 0.187. The fourth-order valence-corrected chi connectivity index (χ4v) is 2.94. The topological polar surface area (TPSA) is 46.2 Å². The second-order valence-corrected chi connectivity index (χ2v) is 6.47. The van der Waals surface area contributed by atoms with E-state index in [4.69, 9.17) is 23.2 Å². The van der Waals surface area contributed by atoms with Crippen molar-refractivity contribution in [2.45, 2.75) is 24.3 Å². The number of hydrogen-bond acceptors (Lipinski definition) is 2. The van der Waals surface area contributed by atoms with Crippen molar-refractivity contribution in [3.63, 3.8) is 0 Å². The van der Waals surface area contributed by atoms with Crippen molar-refractivity contribution in [3.05, 3.63) is 29.3 Å². The van der Waals surface area contributed by atoms with Gasteiger partial charge in [0, 0.05) is 16.4 Å². The molecule has 0 aliphatic rings. The van der Waals surface area contributed by atoms with Crippen LogP contribution in [0.5, 0.6) is 0 Å². The minimum atomic E-state index is -3.57. The van der Waals surface area contributed by atoms with Crippen LogP contribution in [0, 0.1) is 0 Å². The summed E-state index contributed by atoms with van der Waals surface area (Å²) in [7, 11) is -3.57. The van der Waals surface area contributed by atoms with Crippen molar-refractivity contribution in [2.24, 2.45) is 0 Å². The lowest BCUT2D eigenvalue weighted by Gasteiger charge is -2.22. The van der Waals surface area contributed by atoms with E-state index in [9.17, 15) is 8.42 Å². The Hall–Kier alpha value is -0.290. The number of alkyl halides is 1. The van der Waals surface area contributed by atoms with Gasteiger partial charge in [-0.1, -0.05) is 17.7 Å². The lowest BCUT2D eigenvalue weighted by molar-refractivity contribution is 0.496. The van der Waals surface area contributed by atoms with Gasteiger partial charge in [0.1, 0.15) is 0 Å². The Kier molecular flexibility index (Phi) is 4.23. The van der Waals surface area contributed by atoms with Gasteiger partial charge in [-0.3, -0.25) is 0 Å². The molecule has 0 radical (unpaired) electrons. The average Bonchev–Trinajstić information content (AvgIpc) is 2.16. The zero-order chi connectivity index (χ0) is 12.4. The monoisotopic (exact) mass is 281 g/mol. The fourth-order valence-electron chi connectivity index (χ4n) is 1.08. The van der Waals surface area contributed by atoms with E-state index >= 15 is 0 Å². The first-order chi connectivity index (χ1) is 7.27. The molecule has 0 heterocycles. The van der Waals surface area contributed by atoms with Gasteiger partial charge in [0.15, 0.2) is 0 Å². The summed E-state index contributed by atoms with van der Waals surface area (Å²) < 4.78 is 26.4. The summed E-state index contributed by atoms with van der Waals surface area (Å²) in [4.78, 5) is 0.137. The Bertz CT molecular complexity index is 471. The number of halogens is 2. The summed E-state index contributed by atoms with van der Waals surface area (Å²) in [5, 5.41) is 0.381. The van der Waals surface area contributed by atoms with Gasteiger partial charge in [-0.25, -0.2) is 13.1 Å². The summed E-state index contributed by atoms with van der Waals surface area (Å²) in [6.07, 6.45) is 0. The summed E-state index contributed by atoms with van der Waals surface area (Å²) in [6, 6.07) is 6.09. The van der Waals surface area contributed by atoms with Crippen LogP contribution in [-0.2, 0) is 10.0 Å². The highest BCUT2D eigenvalue weighted by molar-refractivity contribution is 7.89. The molecular formula is C10H13Cl2NO2S. The minimum Gasteiger partial charge on any atom is -0.207 e. The van der Waals surface area contributed by atoms with Crippen LogP contribution in [0.3, 0.4) is 0 Å². The quantitative estimate of drug-likeness (QED) is 0.863. The zero-order valence-electron chi connectivity index (χ0n) is 9.00. The van der Waals surface area contributed by atoms with Crippen molar-refractivity contribution in [3.8, 4) is 0 Å². The summed E-state index contributed by atoms with van der Waals surface area (Å²) >= 11 is 11.4. The number of nitrogens with one attached hydrogen (secondary N) is 1. The molecule has 3 nitrogen and oxygen atoms in total. The molecule has 0 fully saturated rings. The first-order valence-corrected chi connectivity index (χ1v) is 7.02. The number of sulfonamides is 1. The lowest BCUT2D eigenvalue weighted by atomic mass is 10.1. The molecule has 1 N–H and O–H groups in total. The van der Waals surface area contributed by atoms with E-state index in [2.05, 4.69) is 4.72 Å². The molecule has 1 rings (SSSR count). The maximum Gasteiger partial charge on any atom is 0.241 e. The highest BCUT2D eigenvalue weighted by Gasteiger charge is 2.25. The summed E-state index contributed by atoms with van der Waals surface area (Å²) in [5.41, 5.74) is -0.692. The molecule has 0 amide bonds. The third-order valence-corrected chi connectivity index (χ3v) is 4.45. The van der Waals surface area contributed by atoms with E-state index in [1.807, 2.05) is 0 Å².